The maximum Gasteiger partial charge on any atom is 0.492 e. The number of hydrogen-bond donors (Lipinski definition) is 7. The number of rotatable bonds is 11. The van der Waals surface area contributed by atoms with Gasteiger partial charge >= 0.3 is 7.12 Å². The molecule has 0 saturated heterocycles. The molecule has 0 saturated carbocycles. The van der Waals surface area contributed by atoms with Crippen LogP contribution >= 0.6 is 0 Å². The Balaban J connectivity index is 1.83. The van der Waals surface area contributed by atoms with Gasteiger partial charge in [0.05, 0.1) is 24.2 Å². The predicted octanol–water partition coefficient (Wildman–Crippen LogP) is -2.54. The first-order valence-electron chi connectivity index (χ1n) is 10.6. The number of hydrogen-bond acceptors (Lipinski definition) is 8. The van der Waals surface area contributed by atoms with E-state index in [-0.39, 0.29) is 44.4 Å². The molecule has 32 heavy (non-hydrogen) atoms. The van der Waals surface area contributed by atoms with Crippen molar-refractivity contribution >= 4 is 36.0 Å². The Morgan fingerprint density at radius 1 is 1.19 bits per heavy atom. The first kappa shape index (κ1) is 25.8. The maximum absolute atomic E-state index is 12.4. The molecule has 0 bridgehead atoms. The molecule has 0 fully saturated rings. The number of amides is 3. The number of nitrogens with two attached hydrogens (primary N) is 2. The molecule has 9 N–H and O–H groups in total. The molecular formula is C20H33BN6O5. The maximum atomic E-state index is 12.4. The van der Waals surface area contributed by atoms with Gasteiger partial charge in [-0.25, -0.2) is 0 Å². The predicted molar refractivity (Wildman–Crippen MR) is 122 cm³/mol. The largest absolute Gasteiger partial charge is 0.492 e. The van der Waals surface area contributed by atoms with Crippen molar-refractivity contribution in [3.8, 4) is 0 Å². The molecule has 1 aromatic rings. The van der Waals surface area contributed by atoms with Crippen LogP contribution in [0.15, 0.2) is 18.2 Å². The van der Waals surface area contributed by atoms with Crippen molar-refractivity contribution in [2.75, 3.05) is 32.0 Å². The minimum Gasteiger partial charge on any atom is -0.423 e. The molecule has 0 spiro atoms. The highest BCUT2D eigenvalue weighted by Crippen LogP contribution is 2.31. The first-order chi connectivity index (χ1) is 15.1. The molecule has 12 heteroatoms. The summed E-state index contributed by atoms with van der Waals surface area (Å²) in [7, 11) is 0.606. The van der Waals surface area contributed by atoms with E-state index < -0.39 is 30.6 Å². The summed E-state index contributed by atoms with van der Waals surface area (Å²) < 4.78 is 5.51. The molecule has 1 heterocycles. The number of benzene rings is 1. The van der Waals surface area contributed by atoms with Crippen LogP contribution < -0.4 is 38.2 Å². The molecule has 2 rings (SSSR count). The van der Waals surface area contributed by atoms with Gasteiger partial charge in [-0.3, -0.25) is 14.4 Å². The van der Waals surface area contributed by atoms with Gasteiger partial charge in [0, 0.05) is 25.2 Å². The van der Waals surface area contributed by atoms with Crippen LogP contribution in [0.5, 0.6) is 0 Å². The van der Waals surface area contributed by atoms with Crippen LogP contribution in [0, 0.1) is 0 Å². The normalized spacial score (nSPS) is 15.3. The average molecular weight is 448 g/mol. The third kappa shape index (κ3) is 6.74. The molecule has 11 nitrogen and oxygen atoms in total. The molecule has 0 radical (unpaired) electrons. The number of likely N-dealkylation sites (N-methyl/N-ethyl adjacent to an activating group) is 1. The minimum absolute atomic E-state index is 0.112. The van der Waals surface area contributed by atoms with E-state index in [2.05, 4.69) is 21.3 Å². The van der Waals surface area contributed by atoms with E-state index >= 15 is 0 Å². The first-order valence-corrected chi connectivity index (χ1v) is 10.6. The highest BCUT2D eigenvalue weighted by molar-refractivity contribution is 6.62. The average Bonchev–Trinajstić information content (AvgIpc) is 2.98. The third-order valence-corrected chi connectivity index (χ3v) is 5.34. The van der Waals surface area contributed by atoms with Gasteiger partial charge in [-0.1, -0.05) is 6.07 Å². The lowest BCUT2D eigenvalue weighted by Gasteiger charge is -2.20. The summed E-state index contributed by atoms with van der Waals surface area (Å²) in [6.07, 6.45) is 0.361. The summed E-state index contributed by atoms with van der Waals surface area (Å²) in [5.41, 5.74) is 12.3. The Morgan fingerprint density at radius 2 is 1.88 bits per heavy atom. The van der Waals surface area contributed by atoms with Gasteiger partial charge in [0.15, 0.2) is 0 Å². The lowest BCUT2D eigenvalue weighted by molar-refractivity contribution is -0.126. The fraction of sp³-hybridized carbons (Fsp3) is 0.550. The summed E-state index contributed by atoms with van der Waals surface area (Å²) in [6, 6.07) is 4.17. The standard InChI is InChI=1S/C20H33BN6O5/c1-20(2)14-8-12(4-5-15(14)21(31)32-20)26-18(29)11-25-19(30)16(24-3)6-7-17(28)27-13(9-22)10-23/h4-5,8,13,16,24,31H,6-7,9-11,22-23H2,1-3H3,(H,25,30)(H,26,29)(H,27,28). The minimum atomic E-state index is -0.999. The molecule has 0 aromatic heterocycles. The van der Waals surface area contributed by atoms with Gasteiger partial charge in [-0.05, 0) is 50.5 Å². The molecule has 1 aliphatic rings. The number of nitrogens with one attached hydrogen (secondary N) is 4. The summed E-state index contributed by atoms with van der Waals surface area (Å²) >= 11 is 0. The topological polar surface area (TPSA) is 181 Å². The Labute approximate surface area is 188 Å². The molecule has 1 atom stereocenters. The molecule has 0 aliphatic carbocycles. The molecule has 1 unspecified atom stereocenters. The van der Waals surface area contributed by atoms with Crippen LogP contribution in [0.25, 0.3) is 0 Å². The van der Waals surface area contributed by atoms with Crippen molar-refractivity contribution in [1.29, 1.82) is 0 Å². The molecule has 176 valence electrons. The van der Waals surface area contributed by atoms with E-state index in [4.69, 9.17) is 16.1 Å². The van der Waals surface area contributed by atoms with Gasteiger partial charge < -0.3 is 42.4 Å². The van der Waals surface area contributed by atoms with E-state index in [1.54, 1.807) is 25.2 Å². The number of carbonyl (C=O) groups is 3. The number of fused-ring (bicyclic) bond motifs is 1. The Hall–Kier alpha value is -2.51. The van der Waals surface area contributed by atoms with Crippen LogP contribution in [0.2, 0.25) is 0 Å². The number of anilines is 1. The van der Waals surface area contributed by atoms with Crippen LogP contribution in [-0.4, -0.2) is 68.6 Å². The lowest BCUT2D eigenvalue weighted by Crippen LogP contribution is -2.47. The van der Waals surface area contributed by atoms with Gasteiger partial charge in [0.2, 0.25) is 17.7 Å². The lowest BCUT2D eigenvalue weighted by atomic mass is 9.78. The summed E-state index contributed by atoms with van der Waals surface area (Å²) in [6.45, 7) is 3.91. The van der Waals surface area contributed by atoms with Crippen LogP contribution in [0.1, 0.15) is 32.3 Å². The van der Waals surface area contributed by atoms with Crippen molar-refractivity contribution in [2.45, 2.75) is 44.4 Å². The van der Waals surface area contributed by atoms with Crippen LogP contribution in [0.3, 0.4) is 0 Å². The van der Waals surface area contributed by atoms with E-state index in [9.17, 15) is 19.4 Å². The zero-order valence-corrected chi connectivity index (χ0v) is 18.7. The van der Waals surface area contributed by atoms with E-state index in [1.165, 1.54) is 0 Å². The highest BCUT2D eigenvalue weighted by Gasteiger charge is 2.40. The second-order valence-corrected chi connectivity index (χ2v) is 8.16. The van der Waals surface area contributed by atoms with Crippen LogP contribution in [-0.2, 0) is 24.6 Å². The van der Waals surface area contributed by atoms with Gasteiger partial charge in [0.1, 0.15) is 0 Å². The summed E-state index contributed by atoms with van der Waals surface area (Å²) in [5, 5.41) is 20.8. The van der Waals surface area contributed by atoms with Crippen molar-refractivity contribution in [1.82, 2.24) is 16.0 Å². The quantitative estimate of drug-likeness (QED) is 0.181. The Bertz CT molecular complexity index is 833. The van der Waals surface area contributed by atoms with Crippen molar-refractivity contribution < 1.29 is 24.1 Å². The monoisotopic (exact) mass is 448 g/mol. The SMILES string of the molecule is CNC(CCC(=O)NC(CN)CN)C(=O)NCC(=O)Nc1ccc2c(c1)C(C)(C)OB2O. The molecule has 1 aromatic carbocycles. The van der Waals surface area contributed by atoms with Crippen molar-refractivity contribution in [3.63, 3.8) is 0 Å². The Kier molecular flexibility index (Phi) is 9.16. The van der Waals surface area contributed by atoms with Gasteiger partial charge in [-0.15, -0.1) is 0 Å². The van der Waals surface area contributed by atoms with E-state index in [1.807, 2.05) is 13.8 Å². The fourth-order valence-corrected chi connectivity index (χ4v) is 3.47. The van der Waals surface area contributed by atoms with E-state index in [0.29, 0.717) is 11.2 Å². The third-order valence-electron chi connectivity index (χ3n) is 5.34. The highest BCUT2D eigenvalue weighted by atomic mass is 16.5. The molecule has 3 amide bonds. The van der Waals surface area contributed by atoms with E-state index in [0.717, 1.165) is 5.56 Å². The molecular weight excluding hydrogens is 415 g/mol. The second kappa shape index (κ2) is 11.4. The molecule has 1 aliphatic heterocycles. The van der Waals surface area contributed by atoms with Crippen molar-refractivity contribution in [2.24, 2.45) is 11.5 Å². The fourth-order valence-electron chi connectivity index (χ4n) is 3.47. The van der Waals surface area contributed by atoms with Gasteiger partial charge in [0.25, 0.3) is 0 Å². The Morgan fingerprint density at radius 3 is 2.50 bits per heavy atom. The number of carbonyl (C=O) groups excluding carboxylic acids is 3. The zero-order valence-electron chi connectivity index (χ0n) is 18.7. The van der Waals surface area contributed by atoms with Crippen molar-refractivity contribution in [3.05, 3.63) is 23.8 Å². The smallest absolute Gasteiger partial charge is 0.423 e. The van der Waals surface area contributed by atoms with Gasteiger partial charge in [-0.2, -0.15) is 0 Å². The summed E-state index contributed by atoms with van der Waals surface area (Å²) in [5.74, 6) is -1.04. The summed E-state index contributed by atoms with van der Waals surface area (Å²) in [4.78, 5) is 36.6. The second-order valence-electron chi connectivity index (χ2n) is 8.16. The van der Waals surface area contributed by atoms with Crippen LogP contribution in [0.4, 0.5) is 5.69 Å². The zero-order chi connectivity index (χ0) is 23.9.